The van der Waals surface area contributed by atoms with Crippen molar-refractivity contribution in [2.24, 2.45) is 0 Å². The normalized spacial score (nSPS) is 19.2. The van der Waals surface area contributed by atoms with Crippen LogP contribution in [0.4, 0.5) is 4.79 Å². The molecule has 1 N–H and O–H groups in total. The fourth-order valence-electron chi connectivity index (χ4n) is 2.30. The van der Waals surface area contributed by atoms with Gasteiger partial charge in [-0.3, -0.25) is 0 Å². The summed E-state index contributed by atoms with van der Waals surface area (Å²) < 4.78 is 10.6. The number of carbonyl (C=O) groups is 1. The van der Waals surface area contributed by atoms with Crippen LogP contribution in [-0.4, -0.2) is 43.3 Å². The number of rotatable bonds is 2. The molecule has 1 aromatic carbocycles. The van der Waals surface area contributed by atoms with Gasteiger partial charge in [-0.2, -0.15) is 0 Å². The minimum Gasteiger partial charge on any atom is -0.497 e. The molecule has 0 saturated carbocycles. The van der Waals surface area contributed by atoms with Crippen molar-refractivity contribution in [2.45, 2.75) is 32.4 Å². The first-order valence-corrected chi connectivity index (χ1v) is 7.24. The van der Waals surface area contributed by atoms with E-state index in [2.05, 4.69) is 5.32 Å². The highest BCUT2D eigenvalue weighted by atomic mass is 16.6. The number of methoxy groups -OCH3 is 1. The molecule has 0 spiro atoms. The van der Waals surface area contributed by atoms with Crippen LogP contribution in [0.25, 0.3) is 0 Å². The lowest BCUT2D eigenvalue weighted by molar-refractivity contribution is 0.0195. The Morgan fingerprint density at radius 1 is 1.29 bits per heavy atom. The maximum Gasteiger partial charge on any atom is 0.410 e. The average Bonchev–Trinajstić information content (AvgIpc) is 2.46. The second-order valence-corrected chi connectivity index (χ2v) is 6.21. The van der Waals surface area contributed by atoms with E-state index >= 15 is 0 Å². The molecule has 116 valence electrons. The van der Waals surface area contributed by atoms with Crippen molar-refractivity contribution in [3.8, 4) is 5.75 Å². The van der Waals surface area contributed by atoms with Gasteiger partial charge in [0.1, 0.15) is 11.4 Å². The van der Waals surface area contributed by atoms with Gasteiger partial charge in [-0.25, -0.2) is 4.79 Å². The minimum absolute atomic E-state index is 0.122. The standard InChI is InChI=1S/C16H24N2O3/c1-16(2,3)21-15(19)18-10-9-17-14(11-18)12-5-7-13(20-4)8-6-12/h5-8,14,17H,9-11H2,1-4H3/t14-/m1/s1. The summed E-state index contributed by atoms with van der Waals surface area (Å²) in [5.41, 5.74) is 0.682. The number of hydrogen-bond donors (Lipinski definition) is 1. The highest BCUT2D eigenvalue weighted by molar-refractivity contribution is 5.68. The number of nitrogens with one attached hydrogen (secondary N) is 1. The molecule has 0 unspecified atom stereocenters. The highest BCUT2D eigenvalue weighted by Crippen LogP contribution is 2.21. The molecular weight excluding hydrogens is 268 g/mol. The van der Waals surface area contributed by atoms with Gasteiger partial charge in [0.25, 0.3) is 0 Å². The van der Waals surface area contributed by atoms with E-state index in [1.807, 2.05) is 45.0 Å². The first-order valence-electron chi connectivity index (χ1n) is 7.24. The van der Waals surface area contributed by atoms with E-state index in [-0.39, 0.29) is 12.1 Å². The summed E-state index contributed by atoms with van der Waals surface area (Å²) in [6, 6.07) is 8.04. The number of carbonyl (C=O) groups excluding carboxylic acids is 1. The van der Waals surface area contributed by atoms with Gasteiger partial charge in [0.2, 0.25) is 0 Å². The quantitative estimate of drug-likeness (QED) is 0.910. The van der Waals surface area contributed by atoms with Crippen molar-refractivity contribution in [1.82, 2.24) is 10.2 Å². The molecule has 0 bridgehead atoms. The van der Waals surface area contributed by atoms with Crippen molar-refractivity contribution >= 4 is 6.09 Å². The second-order valence-electron chi connectivity index (χ2n) is 6.21. The monoisotopic (exact) mass is 292 g/mol. The van der Waals surface area contributed by atoms with Gasteiger partial charge < -0.3 is 19.7 Å². The van der Waals surface area contributed by atoms with Crippen LogP contribution in [0.1, 0.15) is 32.4 Å². The summed E-state index contributed by atoms with van der Waals surface area (Å²) in [4.78, 5) is 13.9. The van der Waals surface area contributed by atoms with E-state index < -0.39 is 5.60 Å². The molecule has 1 atom stereocenters. The van der Waals surface area contributed by atoms with Gasteiger partial charge in [-0.05, 0) is 38.5 Å². The first kappa shape index (κ1) is 15.6. The average molecular weight is 292 g/mol. The fourth-order valence-corrected chi connectivity index (χ4v) is 2.30. The molecule has 0 radical (unpaired) electrons. The van der Waals surface area contributed by atoms with Crippen LogP contribution < -0.4 is 10.1 Å². The third-order valence-electron chi connectivity index (χ3n) is 3.35. The molecule has 1 aromatic rings. The Hall–Kier alpha value is -1.75. The minimum atomic E-state index is -0.461. The molecule has 0 aromatic heterocycles. The van der Waals surface area contributed by atoms with E-state index in [9.17, 15) is 4.79 Å². The zero-order chi connectivity index (χ0) is 15.5. The predicted octanol–water partition coefficient (Wildman–Crippen LogP) is 2.58. The van der Waals surface area contributed by atoms with Gasteiger partial charge >= 0.3 is 6.09 Å². The number of amides is 1. The van der Waals surface area contributed by atoms with E-state index in [0.29, 0.717) is 13.1 Å². The smallest absolute Gasteiger partial charge is 0.410 e. The lowest BCUT2D eigenvalue weighted by Crippen LogP contribution is -2.49. The molecule has 1 heterocycles. The number of piperazine rings is 1. The van der Waals surface area contributed by atoms with Gasteiger partial charge in [-0.1, -0.05) is 12.1 Å². The van der Waals surface area contributed by atoms with Gasteiger partial charge in [0.05, 0.1) is 13.2 Å². The summed E-state index contributed by atoms with van der Waals surface area (Å²) in [5, 5.41) is 3.43. The van der Waals surface area contributed by atoms with Crippen LogP contribution in [-0.2, 0) is 4.74 Å². The molecule has 1 aliphatic heterocycles. The maximum absolute atomic E-state index is 12.1. The Bertz CT molecular complexity index is 479. The van der Waals surface area contributed by atoms with Gasteiger partial charge in [0, 0.05) is 19.6 Å². The molecule has 1 fully saturated rings. The van der Waals surface area contributed by atoms with E-state index in [0.717, 1.165) is 17.9 Å². The van der Waals surface area contributed by atoms with E-state index in [4.69, 9.17) is 9.47 Å². The number of benzene rings is 1. The molecule has 2 rings (SSSR count). The highest BCUT2D eigenvalue weighted by Gasteiger charge is 2.27. The van der Waals surface area contributed by atoms with Crippen molar-refractivity contribution in [1.29, 1.82) is 0 Å². The number of hydrogen-bond acceptors (Lipinski definition) is 4. The van der Waals surface area contributed by atoms with Crippen LogP contribution in [0, 0.1) is 0 Å². The summed E-state index contributed by atoms with van der Waals surface area (Å²) in [7, 11) is 1.65. The molecule has 21 heavy (non-hydrogen) atoms. The molecular formula is C16H24N2O3. The third-order valence-corrected chi connectivity index (χ3v) is 3.35. The summed E-state index contributed by atoms with van der Waals surface area (Å²) in [6.07, 6.45) is -0.248. The molecule has 1 amide bonds. The molecule has 5 nitrogen and oxygen atoms in total. The zero-order valence-corrected chi connectivity index (χ0v) is 13.2. The summed E-state index contributed by atoms with van der Waals surface area (Å²) in [5.74, 6) is 0.832. The Morgan fingerprint density at radius 3 is 2.52 bits per heavy atom. The van der Waals surface area contributed by atoms with Crippen molar-refractivity contribution in [2.75, 3.05) is 26.7 Å². The SMILES string of the molecule is COc1ccc([C@H]2CN(C(=O)OC(C)(C)C)CCN2)cc1. The molecule has 5 heteroatoms. The lowest BCUT2D eigenvalue weighted by Gasteiger charge is -2.35. The van der Waals surface area contributed by atoms with Crippen molar-refractivity contribution in [3.05, 3.63) is 29.8 Å². The van der Waals surface area contributed by atoms with E-state index in [1.54, 1.807) is 12.0 Å². The summed E-state index contributed by atoms with van der Waals surface area (Å²) >= 11 is 0. The molecule has 1 saturated heterocycles. The largest absolute Gasteiger partial charge is 0.497 e. The van der Waals surface area contributed by atoms with E-state index in [1.165, 1.54) is 0 Å². The van der Waals surface area contributed by atoms with Crippen LogP contribution in [0.2, 0.25) is 0 Å². The first-order chi connectivity index (χ1) is 9.89. The summed E-state index contributed by atoms with van der Waals surface area (Å²) in [6.45, 7) is 7.69. The Kier molecular flexibility index (Phi) is 4.73. The van der Waals surface area contributed by atoms with Crippen LogP contribution in [0.5, 0.6) is 5.75 Å². The number of nitrogens with zero attached hydrogens (tertiary/aromatic N) is 1. The number of ether oxygens (including phenoxy) is 2. The van der Waals surface area contributed by atoms with Crippen LogP contribution >= 0.6 is 0 Å². The third kappa shape index (κ3) is 4.36. The van der Waals surface area contributed by atoms with Gasteiger partial charge in [-0.15, -0.1) is 0 Å². The van der Waals surface area contributed by atoms with Crippen LogP contribution in [0.3, 0.4) is 0 Å². The topological polar surface area (TPSA) is 50.8 Å². The van der Waals surface area contributed by atoms with Crippen molar-refractivity contribution < 1.29 is 14.3 Å². The van der Waals surface area contributed by atoms with Gasteiger partial charge in [0.15, 0.2) is 0 Å². The predicted molar refractivity (Wildman–Crippen MR) is 81.5 cm³/mol. The second kappa shape index (κ2) is 6.35. The van der Waals surface area contributed by atoms with Crippen molar-refractivity contribution in [3.63, 3.8) is 0 Å². The Labute approximate surface area is 126 Å². The lowest BCUT2D eigenvalue weighted by atomic mass is 10.0. The van der Waals surface area contributed by atoms with Crippen LogP contribution in [0.15, 0.2) is 24.3 Å². The Balaban J connectivity index is 2.01. The molecule has 0 aliphatic carbocycles. The maximum atomic E-state index is 12.1. The Morgan fingerprint density at radius 2 is 1.95 bits per heavy atom. The zero-order valence-electron chi connectivity index (χ0n) is 13.2. The fraction of sp³-hybridized carbons (Fsp3) is 0.562. The molecule has 1 aliphatic rings.